The molecular weight excluding hydrogens is 321 g/mol. The van der Waals surface area contributed by atoms with Gasteiger partial charge in [0.2, 0.25) is 0 Å². The molecule has 0 N–H and O–H groups in total. The van der Waals surface area contributed by atoms with Crippen molar-refractivity contribution in [1.29, 1.82) is 0 Å². The summed E-state index contributed by atoms with van der Waals surface area (Å²) in [6, 6.07) is 7.94. The molecular formula is C22H25F3. The minimum Gasteiger partial charge on any atom is -0.207 e. The van der Waals surface area contributed by atoms with Crippen LogP contribution in [0.2, 0.25) is 0 Å². The van der Waals surface area contributed by atoms with Crippen molar-refractivity contribution in [3.8, 4) is 0 Å². The highest BCUT2D eigenvalue weighted by molar-refractivity contribution is 5.31. The summed E-state index contributed by atoms with van der Waals surface area (Å²) in [6.07, 6.45) is 6.53. The van der Waals surface area contributed by atoms with Crippen molar-refractivity contribution in [2.24, 2.45) is 5.92 Å². The van der Waals surface area contributed by atoms with Gasteiger partial charge in [0, 0.05) is 5.56 Å². The second kappa shape index (κ2) is 8.07. The summed E-state index contributed by atoms with van der Waals surface area (Å²) in [7, 11) is 0. The Morgan fingerprint density at radius 1 is 0.960 bits per heavy atom. The lowest BCUT2D eigenvalue weighted by atomic mass is 9.81. The average Bonchev–Trinajstić information content (AvgIpc) is 2.59. The largest absolute Gasteiger partial charge is 0.207 e. The first-order chi connectivity index (χ1) is 12.1. The molecule has 3 rings (SSSR count). The van der Waals surface area contributed by atoms with Crippen molar-refractivity contribution < 1.29 is 13.2 Å². The van der Waals surface area contributed by atoms with Gasteiger partial charge in [-0.15, -0.1) is 0 Å². The van der Waals surface area contributed by atoms with Crippen molar-refractivity contribution in [2.75, 3.05) is 0 Å². The van der Waals surface area contributed by atoms with Crippen LogP contribution in [0, 0.1) is 23.4 Å². The molecule has 0 radical (unpaired) electrons. The van der Waals surface area contributed by atoms with Crippen LogP contribution in [-0.2, 0) is 25.7 Å². The molecule has 0 aliphatic heterocycles. The van der Waals surface area contributed by atoms with Crippen LogP contribution in [0.3, 0.4) is 0 Å². The van der Waals surface area contributed by atoms with Crippen LogP contribution in [0.5, 0.6) is 0 Å². The molecule has 1 atom stereocenters. The quantitative estimate of drug-likeness (QED) is 0.585. The van der Waals surface area contributed by atoms with Crippen LogP contribution in [-0.4, -0.2) is 0 Å². The Hall–Kier alpha value is -1.77. The minimum atomic E-state index is -0.413. The summed E-state index contributed by atoms with van der Waals surface area (Å²) in [5.41, 5.74) is 3.21. The zero-order valence-electron chi connectivity index (χ0n) is 14.8. The van der Waals surface area contributed by atoms with Gasteiger partial charge in [0.05, 0.1) is 0 Å². The number of benzene rings is 2. The third-order valence-electron chi connectivity index (χ3n) is 5.32. The van der Waals surface area contributed by atoms with Crippen molar-refractivity contribution in [2.45, 2.75) is 58.3 Å². The summed E-state index contributed by atoms with van der Waals surface area (Å²) < 4.78 is 41.9. The fourth-order valence-electron chi connectivity index (χ4n) is 3.81. The number of aryl methyl sites for hydroxylation is 2. The van der Waals surface area contributed by atoms with E-state index in [9.17, 15) is 13.2 Å². The van der Waals surface area contributed by atoms with Crippen LogP contribution < -0.4 is 0 Å². The molecule has 3 heteroatoms. The third-order valence-corrected chi connectivity index (χ3v) is 5.32. The lowest BCUT2D eigenvalue weighted by molar-refractivity contribution is 0.417. The normalized spacial score (nSPS) is 16.7. The number of hydrogen-bond donors (Lipinski definition) is 0. The highest BCUT2D eigenvalue weighted by Gasteiger charge is 2.20. The molecule has 0 heterocycles. The standard InChI is InChI=1S/C22H25F3/c1-2-3-4-16-12-21(24)20(22(25)13-16)10-6-15-5-7-18-14-19(23)9-8-17(18)11-15/h8-9,12-15H,2-7,10-11H2,1H3. The molecule has 1 unspecified atom stereocenters. The molecule has 0 nitrogen and oxygen atoms in total. The van der Waals surface area contributed by atoms with E-state index in [0.717, 1.165) is 56.1 Å². The van der Waals surface area contributed by atoms with E-state index in [1.165, 1.54) is 23.8 Å². The van der Waals surface area contributed by atoms with E-state index in [2.05, 4.69) is 6.92 Å². The van der Waals surface area contributed by atoms with Gasteiger partial charge >= 0.3 is 0 Å². The van der Waals surface area contributed by atoms with Crippen molar-refractivity contribution in [3.05, 3.63) is 70.0 Å². The Bertz CT molecular complexity index is 713. The summed E-state index contributed by atoms with van der Waals surface area (Å²) >= 11 is 0. The SMILES string of the molecule is CCCCc1cc(F)c(CCC2CCc3cc(F)ccc3C2)c(F)c1. The van der Waals surface area contributed by atoms with Crippen LogP contribution in [0.15, 0.2) is 30.3 Å². The maximum absolute atomic E-state index is 14.3. The molecule has 0 spiro atoms. The van der Waals surface area contributed by atoms with E-state index in [-0.39, 0.29) is 11.4 Å². The van der Waals surface area contributed by atoms with Crippen LogP contribution >= 0.6 is 0 Å². The zero-order valence-corrected chi connectivity index (χ0v) is 14.8. The van der Waals surface area contributed by atoms with E-state index in [1.807, 2.05) is 6.07 Å². The molecule has 0 fully saturated rings. The van der Waals surface area contributed by atoms with Gasteiger partial charge in [0.15, 0.2) is 0 Å². The van der Waals surface area contributed by atoms with E-state index < -0.39 is 11.6 Å². The van der Waals surface area contributed by atoms with Crippen molar-refractivity contribution in [1.82, 2.24) is 0 Å². The monoisotopic (exact) mass is 346 g/mol. The molecule has 0 saturated heterocycles. The molecule has 2 aromatic rings. The molecule has 25 heavy (non-hydrogen) atoms. The Morgan fingerprint density at radius 2 is 1.72 bits per heavy atom. The second-order valence-corrected chi connectivity index (χ2v) is 7.20. The van der Waals surface area contributed by atoms with Crippen molar-refractivity contribution in [3.63, 3.8) is 0 Å². The van der Waals surface area contributed by atoms with E-state index in [1.54, 1.807) is 6.07 Å². The molecule has 1 aliphatic carbocycles. The molecule has 134 valence electrons. The highest BCUT2D eigenvalue weighted by atomic mass is 19.1. The molecule has 0 saturated carbocycles. The second-order valence-electron chi connectivity index (χ2n) is 7.20. The fourth-order valence-corrected chi connectivity index (χ4v) is 3.81. The first-order valence-corrected chi connectivity index (χ1v) is 9.31. The Morgan fingerprint density at radius 3 is 2.44 bits per heavy atom. The lowest BCUT2D eigenvalue weighted by Gasteiger charge is -2.24. The van der Waals surface area contributed by atoms with E-state index in [0.29, 0.717) is 12.3 Å². The van der Waals surface area contributed by atoms with Gasteiger partial charge in [0.1, 0.15) is 17.5 Å². The molecule has 0 bridgehead atoms. The Kier molecular flexibility index (Phi) is 5.82. The summed E-state index contributed by atoms with van der Waals surface area (Å²) in [5, 5.41) is 0. The van der Waals surface area contributed by atoms with Gasteiger partial charge in [-0.1, -0.05) is 19.4 Å². The van der Waals surface area contributed by atoms with Gasteiger partial charge < -0.3 is 0 Å². The van der Waals surface area contributed by atoms with Gasteiger partial charge in [0.25, 0.3) is 0 Å². The number of halogens is 3. The van der Waals surface area contributed by atoms with Crippen LogP contribution in [0.4, 0.5) is 13.2 Å². The summed E-state index contributed by atoms with van der Waals surface area (Å²) in [6.45, 7) is 2.07. The Labute approximate surface area is 148 Å². The number of rotatable bonds is 6. The van der Waals surface area contributed by atoms with Gasteiger partial charge in [-0.2, -0.15) is 0 Å². The molecule has 1 aliphatic rings. The van der Waals surface area contributed by atoms with Gasteiger partial charge in [-0.3, -0.25) is 0 Å². The maximum Gasteiger partial charge on any atom is 0.129 e. The van der Waals surface area contributed by atoms with Gasteiger partial charge in [-0.25, -0.2) is 13.2 Å². The highest BCUT2D eigenvalue weighted by Crippen LogP contribution is 2.30. The summed E-state index contributed by atoms with van der Waals surface area (Å²) in [4.78, 5) is 0. The zero-order chi connectivity index (χ0) is 17.8. The number of unbranched alkanes of at least 4 members (excludes halogenated alkanes) is 1. The fraction of sp³-hybridized carbons (Fsp3) is 0.455. The summed E-state index contributed by atoms with van der Waals surface area (Å²) in [5.74, 6) is -0.616. The maximum atomic E-state index is 14.3. The Balaban J connectivity index is 1.63. The lowest BCUT2D eigenvalue weighted by Crippen LogP contribution is -2.15. The number of hydrogen-bond acceptors (Lipinski definition) is 0. The predicted molar refractivity (Wildman–Crippen MR) is 95.2 cm³/mol. The first-order valence-electron chi connectivity index (χ1n) is 9.31. The van der Waals surface area contributed by atoms with Crippen LogP contribution in [0.25, 0.3) is 0 Å². The topological polar surface area (TPSA) is 0 Å². The van der Waals surface area contributed by atoms with Crippen molar-refractivity contribution >= 4 is 0 Å². The van der Waals surface area contributed by atoms with Gasteiger partial charge in [-0.05, 0) is 91.8 Å². The van der Waals surface area contributed by atoms with Crippen LogP contribution in [0.1, 0.15) is 54.9 Å². The molecule has 2 aromatic carbocycles. The first kappa shape index (κ1) is 18.0. The third kappa shape index (κ3) is 4.45. The average molecular weight is 346 g/mol. The minimum absolute atomic E-state index is 0.190. The molecule has 0 aromatic heterocycles. The molecule has 0 amide bonds. The van der Waals surface area contributed by atoms with E-state index >= 15 is 0 Å². The number of fused-ring (bicyclic) bond motifs is 1. The predicted octanol–water partition coefficient (Wildman–Crippen LogP) is 6.18. The smallest absolute Gasteiger partial charge is 0.129 e. The van der Waals surface area contributed by atoms with E-state index in [4.69, 9.17) is 0 Å².